The van der Waals surface area contributed by atoms with Crippen LogP contribution < -0.4 is 5.32 Å². The molecular formula is C17H19N3S. The second-order valence-corrected chi connectivity index (χ2v) is 6.70. The first-order valence-corrected chi connectivity index (χ1v) is 8.06. The number of benzene rings is 2. The minimum absolute atomic E-state index is 0.617. The van der Waals surface area contributed by atoms with E-state index in [0.717, 1.165) is 23.1 Å². The van der Waals surface area contributed by atoms with Crippen molar-refractivity contribution in [1.29, 1.82) is 0 Å². The Hall–Kier alpha value is -1.94. The van der Waals surface area contributed by atoms with E-state index in [1.54, 1.807) is 11.3 Å². The standard InChI is InChI=1S/C17H19N3S/c1-12(2)9-16-19-20-17(21-16)18-11-13-7-8-14-5-3-4-6-15(14)10-13/h3-8,10,12H,9,11H2,1-2H3,(H,18,20). The average molecular weight is 297 g/mol. The minimum atomic E-state index is 0.617. The maximum atomic E-state index is 4.22. The quantitative estimate of drug-likeness (QED) is 0.753. The van der Waals surface area contributed by atoms with Crippen LogP contribution in [0.25, 0.3) is 10.8 Å². The van der Waals surface area contributed by atoms with Crippen molar-refractivity contribution >= 4 is 27.2 Å². The number of rotatable bonds is 5. The number of hydrogen-bond donors (Lipinski definition) is 1. The summed E-state index contributed by atoms with van der Waals surface area (Å²) < 4.78 is 0. The Morgan fingerprint density at radius 1 is 1.05 bits per heavy atom. The van der Waals surface area contributed by atoms with Gasteiger partial charge < -0.3 is 5.32 Å². The van der Waals surface area contributed by atoms with Gasteiger partial charge in [0.2, 0.25) is 5.13 Å². The molecule has 0 fully saturated rings. The first-order chi connectivity index (χ1) is 10.2. The summed E-state index contributed by atoms with van der Waals surface area (Å²) >= 11 is 1.65. The molecule has 3 nitrogen and oxygen atoms in total. The predicted molar refractivity (Wildman–Crippen MR) is 89.7 cm³/mol. The van der Waals surface area contributed by atoms with Gasteiger partial charge in [-0.25, -0.2) is 0 Å². The van der Waals surface area contributed by atoms with Crippen LogP contribution in [0, 0.1) is 5.92 Å². The van der Waals surface area contributed by atoms with Crippen molar-refractivity contribution in [3.05, 3.63) is 53.0 Å². The van der Waals surface area contributed by atoms with Gasteiger partial charge in [0.1, 0.15) is 5.01 Å². The van der Waals surface area contributed by atoms with Gasteiger partial charge in [0, 0.05) is 13.0 Å². The highest BCUT2D eigenvalue weighted by Crippen LogP contribution is 2.20. The van der Waals surface area contributed by atoms with Crippen LogP contribution in [-0.4, -0.2) is 10.2 Å². The van der Waals surface area contributed by atoms with Crippen LogP contribution in [0.4, 0.5) is 5.13 Å². The Balaban J connectivity index is 1.67. The van der Waals surface area contributed by atoms with Gasteiger partial charge in [0.05, 0.1) is 0 Å². The van der Waals surface area contributed by atoms with Crippen molar-refractivity contribution in [2.24, 2.45) is 5.92 Å². The molecule has 0 aliphatic heterocycles. The fourth-order valence-electron chi connectivity index (χ4n) is 2.28. The summed E-state index contributed by atoms with van der Waals surface area (Å²) in [6.45, 7) is 5.17. The third-order valence-corrected chi connectivity index (χ3v) is 4.21. The van der Waals surface area contributed by atoms with Gasteiger partial charge in [-0.3, -0.25) is 0 Å². The zero-order chi connectivity index (χ0) is 14.7. The van der Waals surface area contributed by atoms with Crippen LogP contribution in [-0.2, 0) is 13.0 Å². The number of fused-ring (bicyclic) bond motifs is 1. The van der Waals surface area contributed by atoms with Gasteiger partial charge in [-0.2, -0.15) is 0 Å². The lowest BCUT2D eigenvalue weighted by Crippen LogP contribution is -1.98. The largest absolute Gasteiger partial charge is 0.356 e. The molecule has 4 heteroatoms. The smallest absolute Gasteiger partial charge is 0.205 e. The van der Waals surface area contributed by atoms with Crippen molar-refractivity contribution in [3.8, 4) is 0 Å². The number of nitrogens with one attached hydrogen (secondary N) is 1. The van der Waals surface area contributed by atoms with Crippen LogP contribution in [0.3, 0.4) is 0 Å². The summed E-state index contributed by atoms with van der Waals surface area (Å²) in [5.41, 5.74) is 1.26. The van der Waals surface area contributed by atoms with E-state index in [-0.39, 0.29) is 0 Å². The highest BCUT2D eigenvalue weighted by molar-refractivity contribution is 7.15. The maximum absolute atomic E-state index is 4.22. The van der Waals surface area contributed by atoms with Crippen molar-refractivity contribution in [2.45, 2.75) is 26.8 Å². The predicted octanol–water partition coefficient (Wildman–Crippen LogP) is 4.50. The van der Waals surface area contributed by atoms with E-state index in [1.807, 2.05) is 0 Å². The molecule has 0 unspecified atom stereocenters. The summed E-state index contributed by atoms with van der Waals surface area (Å²) in [4.78, 5) is 0. The molecule has 0 bridgehead atoms. The van der Waals surface area contributed by atoms with Crippen molar-refractivity contribution < 1.29 is 0 Å². The van der Waals surface area contributed by atoms with Gasteiger partial charge >= 0.3 is 0 Å². The number of aromatic nitrogens is 2. The molecule has 0 spiro atoms. The van der Waals surface area contributed by atoms with Crippen LogP contribution >= 0.6 is 11.3 Å². The molecule has 3 rings (SSSR count). The molecule has 0 aliphatic rings. The van der Waals surface area contributed by atoms with Gasteiger partial charge in [-0.1, -0.05) is 61.6 Å². The second kappa shape index (κ2) is 6.22. The lowest BCUT2D eigenvalue weighted by molar-refractivity contribution is 0.640. The van der Waals surface area contributed by atoms with E-state index in [4.69, 9.17) is 0 Å². The van der Waals surface area contributed by atoms with Crippen molar-refractivity contribution in [1.82, 2.24) is 10.2 Å². The Morgan fingerprint density at radius 2 is 1.86 bits per heavy atom. The monoisotopic (exact) mass is 297 g/mol. The Bertz CT molecular complexity index is 733. The lowest BCUT2D eigenvalue weighted by atomic mass is 10.1. The van der Waals surface area contributed by atoms with Crippen LogP contribution in [0.5, 0.6) is 0 Å². The minimum Gasteiger partial charge on any atom is -0.356 e. The summed E-state index contributed by atoms with van der Waals surface area (Å²) in [7, 11) is 0. The van der Waals surface area contributed by atoms with E-state index in [1.165, 1.54) is 16.3 Å². The summed E-state index contributed by atoms with van der Waals surface area (Å²) in [5, 5.41) is 16.3. The van der Waals surface area contributed by atoms with Crippen molar-refractivity contribution in [2.75, 3.05) is 5.32 Å². The second-order valence-electron chi connectivity index (χ2n) is 5.63. The number of anilines is 1. The van der Waals surface area contributed by atoms with E-state index in [0.29, 0.717) is 5.92 Å². The molecule has 0 saturated heterocycles. The van der Waals surface area contributed by atoms with E-state index in [2.05, 4.69) is 71.8 Å². The first kappa shape index (κ1) is 14.0. The molecule has 2 aromatic carbocycles. The molecule has 0 aliphatic carbocycles. The lowest BCUT2D eigenvalue weighted by Gasteiger charge is -2.04. The normalized spacial score (nSPS) is 11.2. The molecule has 3 aromatic rings. The topological polar surface area (TPSA) is 37.8 Å². The van der Waals surface area contributed by atoms with Crippen LogP contribution in [0.15, 0.2) is 42.5 Å². The SMILES string of the molecule is CC(C)Cc1nnc(NCc2ccc3ccccc3c2)s1. The molecule has 1 heterocycles. The third-order valence-electron chi connectivity index (χ3n) is 3.31. The molecule has 1 aromatic heterocycles. The third kappa shape index (κ3) is 3.58. The van der Waals surface area contributed by atoms with Crippen LogP contribution in [0.2, 0.25) is 0 Å². The zero-order valence-corrected chi connectivity index (χ0v) is 13.2. The average Bonchev–Trinajstić information content (AvgIpc) is 2.91. The first-order valence-electron chi connectivity index (χ1n) is 7.24. The van der Waals surface area contributed by atoms with Gasteiger partial charge in [-0.05, 0) is 28.3 Å². The van der Waals surface area contributed by atoms with Gasteiger partial charge in [0.25, 0.3) is 0 Å². The molecule has 0 atom stereocenters. The zero-order valence-electron chi connectivity index (χ0n) is 12.3. The fourth-order valence-corrected chi connectivity index (χ4v) is 3.23. The van der Waals surface area contributed by atoms with Crippen molar-refractivity contribution in [3.63, 3.8) is 0 Å². The fraction of sp³-hybridized carbons (Fsp3) is 0.294. The summed E-state index contributed by atoms with van der Waals surface area (Å²) in [5.74, 6) is 0.617. The Labute approximate surface area is 129 Å². The molecule has 21 heavy (non-hydrogen) atoms. The molecule has 1 N–H and O–H groups in total. The molecule has 0 radical (unpaired) electrons. The molecular weight excluding hydrogens is 278 g/mol. The Morgan fingerprint density at radius 3 is 2.67 bits per heavy atom. The summed E-state index contributed by atoms with van der Waals surface area (Å²) in [6, 6.07) is 15.0. The van der Waals surface area contributed by atoms with Gasteiger partial charge in [-0.15, -0.1) is 10.2 Å². The summed E-state index contributed by atoms with van der Waals surface area (Å²) in [6.07, 6.45) is 0.995. The van der Waals surface area contributed by atoms with Crippen LogP contribution in [0.1, 0.15) is 24.4 Å². The Kier molecular flexibility index (Phi) is 4.15. The maximum Gasteiger partial charge on any atom is 0.205 e. The van der Waals surface area contributed by atoms with E-state index in [9.17, 15) is 0 Å². The highest BCUT2D eigenvalue weighted by Gasteiger charge is 2.06. The highest BCUT2D eigenvalue weighted by atomic mass is 32.1. The van der Waals surface area contributed by atoms with E-state index < -0.39 is 0 Å². The molecule has 0 amide bonds. The van der Waals surface area contributed by atoms with Gasteiger partial charge in [0.15, 0.2) is 0 Å². The van der Waals surface area contributed by atoms with E-state index >= 15 is 0 Å². The number of nitrogens with zero attached hydrogens (tertiary/aromatic N) is 2. The molecule has 108 valence electrons. The molecule has 0 saturated carbocycles. The number of hydrogen-bond acceptors (Lipinski definition) is 4.